The summed E-state index contributed by atoms with van der Waals surface area (Å²) in [6.45, 7) is 18.2. The Morgan fingerprint density at radius 2 is 0.731 bits per heavy atom. The third-order valence-corrected chi connectivity index (χ3v) is 13.5. The van der Waals surface area contributed by atoms with E-state index in [1.54, 1.807) is 0 Å². The van der Waals surface area contributed by atoms with Crippen molar-refractivity contribution in [2.75, 3.05) is 0 Å². The molecule has 0 saturated heterocycles. The average molecular weight is 1050 g/mol. The Morgan fingerprint density at radius 1 is 0.388 bits per heavy atom. The minimum absolute atomic E-state index is 0. The van der Waals surface area contributed by atoms with Crippen LogP contribution in [0.5, 0.6) is 0 Å². The maximum absolute atomic E-state index is 5.03. The fraction of sp³-hybridized carbons (Fsp3) is 0.200. The van der Waals surface area contributed by atoms with Crippen molar-refractivity contribution in [3.63, 3.8) is 0 Å². The molecule has 0 radical (unpaired) electrons. The van der Waals surface area contributed by atoms with E-state index < -0.39 is 0 Å². The molecule has 7 heteroatoms. The molecule has 0 N–H and O–H groups in total. The first kappa shape index (κ1) is 44.1. The molecule has 0 unspecified atom stereocenters. The van der Waals surface area contributed by atoms with Gasteiger partial charge in [0.05, 0.1) is 12.4 Å². The Hall–Kier alpha value is -6.75. The van der Waals surface area contributed by atoms with Crippen molar-refractivity contribution in [2.45, 2.75) is 79.1 Å². The molecule has 0 atom stereocenters. The Labute approximate surface area is 407 Å². The van der Waals surface area contributed by atoms with Gasteiger partial charge in [-0.1, -0.05) is 128 Å². The molecule has 6 nitrogen and oxygen atoms in total. The SMILES string of the molecule is CC(C)c1cccc(C(C)C)c1-c1cnn(-c2[c-]c3c4c5c6[c-]c(-n7cc(-c8c(C(C)C)cccc8C(C)C)cn7)ccc6n(-c6ccccc6)c5ccc4n(-c4ccccc4)c3cc2)c1.[Pt+2]. The average Bonchev–Trinajstić information content (AvgIpc) is 4.15. The van der Waals surface area contributed by atoms with Gasteiger partial charge in [-0.15, -0.1) is 57.9 Å². The molecule has 334 valence electrons. The Morgan fingerprint density at radius 3 is 1.07 bits per heavy atom. The van der Waals surface area contributed by atoms with E-state index in [-0.39, 0.29) is 21.1 Å². The molecule has 0 aliphatic heterocycles. The summed E-state index contributed by atoms with van der Waals surface area (Å²) in [5, 5.41) is 14.4. The molecule has 11 aromatic rings. The molecule has 0 aliphatic carbocycles. The normalized spacial score (nSPS) is 12.0. The van der Waals surface area contributed by atoms with E-state index in [0.29, 0.717) is 23.7 Å². The second-order valence-electron chi connectivity index (χ2n) is 19.0. The zero-order valence-corrected chi connectivity index (χ0v) is 41.6. The van der Waals surface area contributed by atoms with Crippen molar-refractivity contribution < 1.29 is 21.1 Å². The molecule has 7 aromatic carbocycles. The number of rotatable bonds is 10. The Kier molecular flexibility index (Phi) is 11.5. The van der Waals surface area contributed by atoms with E-state index >= 15 is 0 Å². The quantitative estimate of drug-likeness (QED) is 0.128. The molecule has 0 aliphatic rings. The summed E-state index contributed by atoms with van der Waals surface area (Å²) >= 11 is 0. The van der Waals surface area contributed by atoms with Crippen LogP contribution < -0.4 is 0 Å². The Bertz CT molecular complexity index is 3310. The minimum atomic E-state index is 0. The topological polar surface area (TPSA) is 45.5 Å². The maximum atomic E-state index is 5.03. The van der Waals surface area contributed by atoms with Crippen molar-refractivity contribution in [2.24, 2.45) is 0 Å². The number of benzene rings is 7. The molecule has 67 heavy (non-hydrogen) atoms. The fourth-order valence-corrected chi connectivity index (χ4v) is 10.3. The molecule has 0 amide bonds. The summed E-state index contributed by atoms with van der Waals surface area (Å²) in [7, 11) is 0. The van der Waals surface area contributed by atoms with Gasteiger partial charge in [-0.25, -0.2) is 0 Å². The molecular formula is C60H54N6Pt. The van der Waals surface area contributed by atoms with Crippen LogP contribution in [0.2, 0.25) is 0 Å². The van der Waals surface area contributed by atoms with Crippen LogP contribution in [-0.4, -0.2) is 28.7 Å². The molecule has 0 saturated carbocycles. The number of para-hydroxylation sites is 2. The van der Waals surface area contributed by atoms with E-state index in [0.717, 1.165) is 77.5 Å². The van der Waals surface area contributed by atoms with E-state index in [1.165, 1.54) is 33.4 Å². The number of fused-ring (bicyclic) bond motifs is 7. The van der Waals surface area contributed by atoms with Crippen LogP contribution in [0.3, 0.4) is 0 Å². The zero-order valence-electron chi connectivity index (χ0n) is 39.3. The third kappa shape index (κ3) is 7.38. The standard InChI is InChI=1S/C60H54N6.Pt/c1-37(2)47-21-15-22-48(38(3)4)57(47)41-33-61-63(35-41)45-25-27-53-51(31-45)59-55(65(53)43-17-11-9-12-18-43)29-30-56-60(59)52-32-46(26-28-54(52)66(56)44-19-13-10-14-20-44)64-36-42(34-62-64)58-49(39(5)6)23-16-24-50(58)40(7)8;/h9-30,33-40H,1-8H3;/q-2;+2. The minimum Gasteiger partial charge on any atom is -0.360 e. The molecule has 0 spiro atoms. The predicted octanol–water partition coefficient (Wildman–Crippen LogP) is 15.7. The van der Waals surface area contributed by atoms with E-state index in [4.69, 9.17) is 10.2 Å². The smallest absolute Gasteiger partial charge is 0.360 e. The first-order valence-corrected chi connectivity index (χ1v) is 23.4. The Balaban J connectivity index is 0.00000525. The molecule has 0 bridgehead atoms. The number of hydrogen-bond acceptors (Lipinski definition) is 2. The largest absolute Gasteiger partial charge is 2.00 e. The third-order valence-electron chi connectivity index (χ3n) is 13.5. The summed E-state index contributed by atoms with van der Waals surface area (Å²) in [5.41, 5.74) is 18.5. The van der Waals surface area contributed by atoms with Crippen LogP contribution in [0.4, 0.5) is 0 Å². The van der Waals surface area contributed by atoms with E-state index in [2.05, 4.69) is 223 Å². The first-order chi connectivity index (χ1) is 32.1. The van der Waals surface area contributed by atoms with Crippen LogP contribution in [0, 0.1) is 12.1 Å². The predicted molar refractivity (Wildman–Crippen MR) is 274 cm³/mol. The molecule has 11 rings (SSSR count). The molecule has 4 heterocycles. The zero-order chi connectivity index (χ0) is 45.4. The summed E-state index contributed by atoms with van der Waals surface area (Å²) in [6.07, 6.45) is 8.40. The van der Waals surface area contributed by atoms with Gasteiger partial charge in [-0.3, -0.25) is 9.36 Å². The van der Waals surface area contributed by atoms with E-state index in [1.807, 2.05) is 21.8 Å². The van der Waals surface area contributed by atoms with Crippen LogP contribution in [0.1, 0.15) is 101 Å². The van der Waals surface area contributed by atoms with Crippen molar-refractivity contribution in [3.8, 4) is 45.0 Å². The molecular weight excluding hydrogens is 1000 g/mol. The van der Waals surface area contributed by atoms with Crippen LogP contribution in [0.25, 0.3) is 88.6 Å². The number of hydrogen-bond donors (Lipinski definition) is 0. The van der Waals surface area contributed by atoms with Crippen molar-refractivity contribution in [1.29, 1.82) is 0 Å². The van der Waals surface area contributed by atoms with Gasteiger partial charge in [0.15, 0.2) is 0 Å². The van der Waals surface area contributed by atoms with Crippen molar-refractivity contribution in [3.05, 3.63) is 193 Å². The summed E-state index contributed by atoms with van der Waals surface area (Å²) < 4.78 is 8.74. The van der Waals surface area contributed by atoms with Gasteiger partial charge in [0.25, 0.3) is 0 Å². The second kappa shape index (κ2) is 17.5. The van der Waals surface area contributed by atoms with Crippen LogP contribution in [0.15, 0.2) is 158 Å². The monoisotopic (exact) mass is 1050 g/mol. The van der Waals surface area contributed by atoms with E-state index in [9.17, 15) is 0 Å². The van der Waals surface area contributed by atoms with Gasteiger partial charge in [0.2, 0.25) is 0 Å². The van der Waals surface area contributed by atoms with Crippen LogP contribution >= 0.6 is 0 Å². The van der Waals surface area contributed by atoms with Gasteiger partial charge in [-0.05, 0) is 127 Å². The molecule has 4 aromatic heterocycles. The first-order valence-electron chi connectivity index (χ1n) is 23.4. The summed E-state index contributed by atoms with van der Waals surface area (Å²) in [6, 6.07) is 56.0. The number of aromatic nitrogens is 6. The van der Waals surface area contributed by atoms with Gasteiger partial charge in [0.1, 0.15) is 0 Å². The summed E-state index contributed by atoms with van der Waals surface area (Å²) in [4.78, 5) is 0. The van der Waals surface area contributed by atoms with Gasteiger partial charge >= 0.3 is 21.1 Å². The fourth-order valence-electron chi connectivity index (χ4n) is 10.3. The van der Waals surface area contributed by atoms with Gasteiger partial charge in [-0.2, -0.15) is 10.2 Å². The molecule has 0 fully saturated rings. The van der Waals surface area contributed by atoms with Crippen LogP contribution in [-0.2, 0) is 21.1 Å². The van der Waals surface area contributed by atoms with Gasteiger partial charge < -0.3 is 9.13 Å². The number of nitrogens with zero attached hydrogens (tertiary/aromatic N) is 6. The maximum Gasteiger partial charge on any atom is 2.00 e. The van der Waals surface area contributed by atoms with Crippen molar-refractivity contribution in [1.82, 2.24) is 28.7 Å². The van der Waals surface area contributed by atoms with Gasteiger partial charge in [0, 0.05) is 34.9 Å². The van der Waals surface area contributed by atoms with Crippen molar-refractivity contribution >= 4 is 43.6 Å². The summed E-state index contributed by atoms with van der Waals surface area (Å²) in [5.74, 6) is 1.51. The second-order valence-corrected chi connectivity index (χ2v) is 19.0.